The van der Waals surface area contributed by atoms with E-state index >= 15 is 0 Å². The molecule has 0 unspecified atom stereocenters. The summed E-state index contributed by atoms with van der Waals surface area (Å²) in [6, 6.07) is 6.01. The number of aliphatic hydroxyl groups is 2. The highest BCUT2D eigenvalue weighted by atomic mass is 19.4. The molecule has 0 fully saturated rings. The van der Waals surface area contributed by atoms with Crippen LogP contribution in [-0.2, 0) is 5.79 Å². The van der Waals surface area contributed by atoms with Gasteiger partial charge in [-0.1, -0.05) is 18.2 Å². The molecule has 0 saturated carbocycles. The Morgan fingerprint density at radius 3 is 2.24 bits per heavy atom. The average molecular weight is 301 g/mol. The Morgan fingerprint density at radius 2 is 1.67 bits per heavy atom. The van der Waals surface area contributed by atoms with Crippen LogP contribution in [0.2, 0.25) is 0 Å². The zero-order valence-corrected chi connectivity index (χ0v) is 10.4. The minimum absolute atomic E-state index is 0.0737. The maximum atomic E-state index is 12.4. The van der Waals surface area contributed by atoms with Crippen LogP contribution in [0.15, 0.2) is 34.9 Å². The molecule has 0 radical (unpaired) electrons. The highest BCUT2D eigenvalue weighted by molar-refractivity contribution is 5.67. The van der Waals surface area contributed by atoms with Gasteiger partial charge in [0.2, 0.25) is 0 Å². The van der Waals surface area contributed by atoms with Gasteiger partial charge in [-0.25, -0.2) is 4.98 Å². The molecule has 0 saturated heterocycles. The third-order valence-electron chi connectivity index (χ3n) is 2.55. The van der Waals surface area contributed by atoms with Crippen LogP contribution in [0, 0.1) is 0 Å². The van der Waals surface area contributed by atoms with E-state index in [0.29, 0.717) is 5.56 Å². The Bertz CT molecular complexity index is 644. The van der Waals surface area contributed by atoms with E-state index in [1.807, 2.05) is 0 Å². The maximum absolute atomic E-state index is 12.4. The van der Waals surface area contributed by atoms with Gasteiger partial charge in [-0.15, -0.1) is 0 Å². The number of oxazole rings is 1. The standard InChI is InChI=1S/C13H10F3NO4/c14-13(15,16)12(19,20)11-17-7-10(21-11)6-3-8-1-4-9(18)5-2-8/h1-7,18-20H/b6-3+. The van der Waals surface area contributed by atoms with Crippen LogP contribution in [0.5, 0.6) is 5.75 Å². The van der Waals surface area contributed by atoms with Gasteiger partial charge in [0, 0.05) is 0 Å². The van der Waals surface area contributed by atoms with E-state index in [1.165, 1.54) is 24.3 Å². The van der Waals surface area contributed by atoms with Crippen molar-refractivity contribution in [3.8, 4) is 5.75 Å². The quantitative estimate of drug-likeness (QED) is 0.757. The first kappa shape index (κ1) is 15.1. The van der Waals surface area contributed by atoms with Crippen molar-refractivity contribution in [2.24, 2.45) is 0 Å². The Morgan fingerprint density at radius 1 is 1.05 bits per heavy atom. The Labute approximate surface area is 116 Å². The van der Waals surface area contributed by atoms with E-state index in [9.17, 15) is 13.2 Å². The van der Waals surface area contributed by atoms with Gasteiger partial charge in [0.15, 0.2) is 0 Å². The SMILES string of the molecule is Oc1ccc(/C=C/c2cnc(C(O)(O)C(F)(F)F)o2)cc1. The lowest BCUT2D eigenvalue weighted by Gasteiger charge is -2.20. The number of hydrogen-bond acceptors (Lipinski definition) is 5. The lowest BCUT2D eigenvalue weighted by molar-refractivity contribution is -0.366. The van der Waals surface area contributed by atoms with Crippen molar-refractivity contribution in [3.05, 3.63) is 47.7 Å². The Balaban J connectivity index is 2.19. The number of halogens is 3. The van der Waals surface area contributed by atoms with Crippen LogP contribution in [0.25, 0.3) is 12.2 Å². The number of alkyl halides is 3. The number of rotatable bonds is 3. The van der Waals surface area contributed by atoms with Crippen molar-refractivity contribution in [1.82, 2.24) is 4.98 Å². The number of aromatic hydroxyl groups is 1. The number of hydrogen-bond donors (Lipinski definition) is 3. The Hall–Kier alpha value is -2.32. The molecule has 3 N–H and O–H groups in total. The van der Waals surface area contributed by atoms with Crippen LogP contribution >= 0.6 is 0 Å². The fraction of sp³-hybridized carbons (Fsp3) is 0.154. The van der Waals surface area contributed by atoms with Crippen molar-refractivity contribution in [1.29, 1.82) is 0 Å². The van der Waals surface area contributed by atoms with E-state index < -0.39 is 17.9 Å². The molecular weight excluding hydrogens is 291 g/mol. The molecule has 0 aliphatic carbocycles. The fourth-order valence-electron chi connectivity index (χ4n) is 1.41. The first-order chi connectivity index (χ1) is 9.70. The van der Waals surface area contributed by atoms with Gasteiger partial charge in [-0.05, 0) is 23.8 Å². The summed E-state index contributed by atoms with van der Waals surface area (Å²) in [6.07, 6.45) is -1.60. The normalized spacial score (nSPS) is 13.0. The summed E-state index contributed by atoms with van der Waals surface area (Å²) in [6.45, 7) is 0. The van der Waals surface area contributed by atoms with Crippen LogP contribution in [-0.4, -0.2) is 26.5 Å². The van der Waals surface area contributed by atoms with Gasteiger partial charge in [-0.2, -0.15) is 13.2 Å². The van der Waals surface area contributed by atoms with E-state index in [2.05, 4.69) is 9.40 Å². The zero-order chi connectivity index (χ0) is 15.7. The summed E-state index contributed by atoms with van der Waals surface area (Å²) >= 11 is 0. The monoisotopic (exact) mass is 301 g/mol. The molecule has 0 aliphatic heterocycles. The molecule has 1 heterocycles. The van der Waals surface area contributed by atoms with Gasteiger partial charge >= 0.3 is 12.0 Å². The summed E-state index contributed by atoms with van der Waals surface area (Å²) in [5.41, 5.74) is 0.654. The lowest BCUT2D eigenvalue weighted by Crippen LogP contribution is -2.42. The second-order valence-corrected chi connectivity index (χ2v) is 4.16. The highest BCUT2D eigenvalue weighted by Crippen LogP contribution is 2.36. The molecule has 112 valence electrons. The van der Waals surface area contributed by atoms with Crippen molar-refractivity contribution in [2.45, 2.75) is 12.0 Å². The zero-order valence-electron chi connectivity index (χ0n) is 10.4. The molecule has 0 bridgehead atoms. The molecule has 1 aromatic heterocycles. The first-order valence-electron chi connectivity index (χ1n) is 5.65. The molecule has 0 aliphatic rings. The molecule has 1 aromatic carbocycles. The summed E-state index contributed by atoms with van der Waals surface area (Å²) in [5, 5.41) is 27.0. The summed E-state index contributed by atoms with van der Waals surface area (Å²) in [4.78, 5) is 3.20. The number of phenolic OH excluding ortho intramolecular Hbond substituents is 1. The van der Waals surface area contributed by atoms with Crippen molar-refractivity contribution < 1.29 is 32.9 Å². The van der Waals surface area contributed by atoms with E-state index in [4.69, 9.17) is 15.3 Å². The van der Waals surface area contributed by atoms with Crippen LogP contribution in [0.4, 0.5) is 13.2 Å². The number of aromatic nitrogens is 1. The summed E-state index contributed by atoms with van der Waals surface area (Å²) in [5.74, 6) is -5.42. The molecule has 2 aromatic rings. The van der Waals surface area contributed by atoms with Crippen molar-refractivity contribution >= 4 is 12.2 Å². The third kappa shape index (κ3) is 3.23. The van der Waals surface area contributed by atoms with E-state index in [0.717, 1.165) is 6.20 Å². The minimum atomic E-state index is -5.32. The van der Waals surface area contributed by atoms with Gasteiger partial charge in [-0.3, -0.25) is 0 Å². The molecule has 5 nitrogen and oxygen atoms in total. The largest absolute Gasteiger partial charge is 0.508 e. The van der Waals surface area contributed by atoms with Crippen molar-refractivity contribution in [3.63, 3.8) is 0 Å². The molecule has 8 heteroatoms. The van der Waals surface area contributed by atoms with Crippen molar-refractivity contribution in [2.75, 3.05) is 0 Å². The topological polar surface area (TPSA) is 86.7 Å². The van der Waals surface area contributed by atoms with Crippen LogP contribution in [0.3, 0.4) is 0 Å². The predicted octanol–water partition coefficient (Wildman–Crippen LogP) is 2.25. The molecule has 0 amide bonds. The van der Waals surface area contributed by atoms with E-state index in [-0.39, 0.29) is 11.5 Å². The van der Waals surface area contributed by atoms with Crippen LogP contribution in [0.1, 0.15) is 17.2 Å². The lowest BCUT2D eigenvalue weighted by atomic mass is 10.2. The van der Waals surface area contributed by atoms with Crippen LogP contribution < -0.4 is 0 Å². The summed E-state index contributed by atoms with van der Waals surface area (Å²) in [7, 11) is 0. The van der Waals surface area contributed by atoms with Gasteiger partial charge in [0.1, 0.15) is 11.5 Å². The first-order valence-corrected chi connectivity index (χ1v) is 5.65. The van der Waals surface area contributed by atoms with Gasteiger partial charge in [0.05, 0.1) is 6.20 Å². The smallest absolute Gasteiger partial charge is 0.453 e. The molecular formula is C13H10F3NO4. The summed E-state index contributed by atoms with van der Waals surface area (Å²) < 4.78 is 41.8. The molecule has 0 spiro atoms. The maximum Gasteiger partial charge on any atom is 0.453 e. The fourth-order valence-corrected chi connectivity index (χ4v) is 1.41. The number of nitrogens with zero attached hydrogens (tertiary/aromatic N) is 1. The van der Waals surface area contributed by atoms with Gasteiger partial charge < -0.3 is 19.7 Å². The highest BCUT2D eigenvalue weighted by Gasteiger charge is 2.58. The average Bonchev–Trinajstić information content (AvgIpc) is 2.86. The third-order valence-corrected chi connectivity index (χ3v) is 2.55. The second-order valence-electron chi connectivity index (χ2n) is 4.16. The van der Waals surface area contributed by atoms with E-state index in [1.54, 1.807) is 12.1 Å². The second kappa shape index (κ2) is 5.23. The van der Waals surface area contributed by atoms with Gasteiger partial charge in [0.25, 0.3) is 5.89 Å². The Kier molecular flexibility index (Phi) is 3.75. The molecule has 2 rings (SSSR count). The predicted molar refractivity (Wildman–Crippen MR) is 65.7 cm³/mol. The number of phenols is 1. The minimum Gasteiger partial charge on any atom is -0.508 e. The molecule has 0 atom stereocenters. The number of benzene rings is 1. The molecule has 21 heavy (non-hydrogen) atoms.